The summed E-state index contributed by atoms with van der Waals surface area (Å²) in [6, 6.07) is 13.4. The van der Waals surface area contributed by atoms with Crippen LogP contribution >= 0.6 is 12.4 Å². The van der Waals surface area contributed by atoms with Crippen LogP contribution in [0.4, 0.5) is 11.5 Å². The Bertz CT molecular complexity index is 775. The van der Waals surface area contributed by atoms with Crippen LogP contribution in [-0.4, -0.2) is 24.2 Å². The first-order chi connectivity index (χ1) is 10.3. The van der Waals surface area contributed by atoms with Gasteiger partial charge in [0.1, 0.15) is 23.6 Å². The van der Waals surface area contributed by atoms with E-state index >= 15 is 0 Å². The molecule has 3 aromatic rings. The molecule has 0 saturated heterocycles. The summed E-state index contributed by atoms with van der Waals surface area (Å²) < 4.78 is 10.6. The highest BCUT2D eigenvalue weighted by Crippen LogP contribution is 2.32. The first-order valence-corrected chi connectivity index (χ1v) is 6.50. The summed E-state index contributed by atoms with van der Waals surface area (Å²) in [6.45, 7) is 0. The van der Waals surface area contributed by atoms with Crippen LogP contribution in [0.1, 0.15) is 0 Å². The molecule has 0 radical (unpaired) electrons. The molecule has 0 bridgehead atoms. The monoisotopic (exact) mass is 317 g/mol. The van der Waals surface area contributed by atoms with Gasteiger partial charge in [-0.05, 0) is 24.3 Å². The van der Waals surface area contributed by atoms with E-state index in [1.54, 1.807) is 14.2 Å². The van der Waals surface area contributed by atoms with Crippen LogP contribution in [0.3, 0.4) is 0 Å². The molecule has 114 valence electrons. The van der Waals surface area contributed by atoms with Crippen LogP contribution in [0.5, 0.6) is 11.5 Å². The number of aromatic nitrogens is 2. The van der Waals surface area contributed by atoms with Gasteiger partial charge < -0.3 is 14.8 Å². The number of para-hydroxylation sites is 1. The fourth-order valence-electron chi connectivity index (χ4n) is 2.14. The smallest absolute Gasteiger partial charge is 0.142 e. The second kappa shape index (κ2) is 6.95. The number of hydrogen-bond donors (Lipinski definition) is 1. The van der Waals surface area contributed by atoms with Gasteiger partial charge in [0, 0.05) is 11.5 Å². The summed E-state index contributed by atoms with van der Waals surface area (Å²) in [5.74, 6) is 2.20. The van der Waals surface area contributed by atoms with Crippen molar-refractivity contribution in [1.29, 1.82) is 0 Å². The zero-order valence-electron chi connectivity index (χ0n) is 12.2. The molecule has 22 heavy (non-hydrogen) atoms. The van der Waals surface area contributed by atoms with E-state index in [2.05, 4.69) is 15.3 Å². The standard InChI is InChI=1S/C16H15N3O2.ClH/c1-20-11-7-8-15(21-2)14(9-11)19-16-12-5-3-4-6-13(12)17-10-18-16;/h3-10H,1-2H3,(H,17,18,19);1H. The lowest BCUT2D eigenvalue weighted by Crippen LogP contribution is -1.99. The largest absolute Gasteiger partial charge is 0.497 e. The molecule has 0 unspecified atom stereocenters. The van der Waals surface area contributed by atoms with Crippen molar-refractivity contribution < 1.29 is 9.47 Å². The average Bonchev–Trinajstić information content (AvgIpc) is 2.55. The Morgan fingerprint density at radius 2 is 1.77 bits per heavy atom. The third-order valence-electron chi connectivity index (χ3n) is 3.20. The third-order valence-corrected chi connectivity index (χ3v) is 3.20. The molecule has 1 N–H and O–H groups in total. The fraction of sp³-hybridized carbons (Fsp3) is 0.125. The quantitative estimate of drug-likeness (QED) is 0.793. The van der Waals surface area contributed by atoms with Crippen LogP contribution < -0.4 is 14.8 Å². The minimum atomic E-state index is 0. The van der Waals surface area contributed by atoms with Gasteiger partial charge >= 0.3 is 0 Å². The number of benzene rings is 2. The van der Waals surface area contributed by atoms with Crippen molar-refractivity contribution in [3.05, 3.63) is 48.8 Å². The Kier molecular flexibility index (Phi) is 5.01. The summed E-state index contributed by atoms with van der Waals surface area (Å²) >= 11 is 0. The van der Waals surface area contributed by atoms with E-state index < -0.39 is 0 Å². The normalized spacial score (nSPS) is 9.91. The van der Waals surface area contributed by atoms with Gasteiger partial charge in [0.05, 0.1) is 25.4 Å². The molecular formula is C16H16ClN3O2. The van der Waals surface area contributed by atoms with Gasteiger partial charge in [0.15, 0.2) is 0 Å². The molecule has 6 heteroatoms. The van der Waals surface area contributed by atoms with Crippen LogP contribution in [0.15, 0.2) is 48.8 Å². The van der Waals surface area contributed by atoms with E-state index in [1.165, 1.54) is 6.33 Å². The summed E-state index contributed by atoms with van der Waals surface area (Å²) in [4.78, 5) is 8.57. The SMILES string of the molecule is COc1ccc(OC)c(Nc2ncnc3ccccc23)c1.Cl. The Hall–Kier alpha value is -2.53. The minimum Gasteiger partial charge on any atom is -0.497 e. The lowest BCUT2D eigenvalue weighted by Gasteiger charge is -2.13. The molecule has 0 aliphatic heterocycles. The predicted molar refractivity (Wildman–Crippen MR) is 89.6 cm³/mol. The van der Waals surface area contributed by atoms with Crippen molar-refractivity contribution in [2.45, 2.75) is 0 Å². The second-order valence-electron chi connectivity index (χ2n) is 4.43. The number of nitrogens with zero attached hydrogens (tertiary/aromatic N) is 2. The number of rotatable bonds is 4. The van der Waals surface area contributed by atoms with E-state index in [4.69, 9.17) is 9.47 Å². The zero-order valence-corrected chi connectivity index (χ0v) is 13.1. The number of anilines is 2. The molecule has 3 rings (SSSR count). The Labute approximate surface area is 134 Å². The summed E-state index contributed by atoms with van der Waals surface area (Å²) in [5.41, 5.74) is 1.68. The summed E-state index contributed by atoms with van der Waals surface area (Å²) in [6.07, 6.45) is 1.54. The molecule has 0 saturated carbocycles. The average molecular weight is 318 g/mol. The van der Waals surface area contributed by atoms with E-state index in [9.17, 15) is 0 Å². The van der Waals surface area contributed by atoms with Gasteiger partial charge in [0.25, 0.3) is 0 Å². The van der Waals surface area contributed by atoms with Crippen molar-refractivity contribution >= 4 is 34.8 Å². The van der Waals surface area contributed by atoms with Crippen molar-refractivity contribution in [3.8, 4) is 11.5 Å². The number of nitrogens with one attached hydrogen (secondary N) is 1. The number of halogens is 1. The van der Waals surface area contributed by atoms with Gasteiger partial charge in [-0.2, -0.15) is 0 Å². The number of hydrogen-bond acceptors (Lipinski definition) is 5. The van der Waals surface area contributed by atoms with Crippen LogP contribution in [-0.2, 0) is 0 Å². The first kappa shape index (κ1) is 15.9. The van der Waals surface area contributed by atoms with Crippen molar-refractivity contribution in [2.24, 2.45) is 0 Å². The van der Waals surface area contributed by atoms with Gasteiger partial charge in [-0.25, -0.2) is 9.97 Å². The third kappa shape index (κ3) is 3.04. The Morgan fingerprint density at radius 3 is 2.55 bits per heavy atom. The van der Waals surface area contributed by atoms with E-state index in [0.717, 1.165) is 33.9 Å². The van der Waals surface area contributed by atoms with E-state index in [-0.39, 0.29) is 12.4 Å². The number of ether oxygens (including phenoxy) is 2. The topological polar surface area (TPSA) is 56.3 Å². The van der Waals surface area contributed by atoms with Gasteiger partial charge in [-0.3, -0.25) is 0 Å². The highest BCUT2D eigenvalue weighted by Gasteiger charge is 2.08. The Balaban J connectivity index is 0.00000176. The maximum atomic E-state index is 5.37. The first-order valence-electron chi connectivity index (χ1n) is 6.50. The molecule has 0 atom stereocenters. The minimum absolute atomic E-state index is 0. The summed E-state index contributed by atoms with van der Waals surface area (Å²) in [7, 11) is 3.26. The summed E-state index contributed by atoms with van der Waals surface area (Å²) in [5, 5.41) is 4.23. The zero-order chi connectivity index (χ0) is 14.7. The molecular weight excluding hydrogens is 302 g/mol. The maximum absolute atomic E-state index is 5.37. The van der Waals surface area contributed by atoms with Crippen molar-refractivity contribution in [2.75, 3.05) is 19.5 Å². The molecule has 1 heterocycles. The van der Waals surface area contributed by atoms with E-state index in [1.807, 2.05) is 42.5 Å². The highest BCUT2D eigenvalue weighted by molar-refractivity contribution is 5.91. The fourth-order valence-corrected chi connectivity index (χ4v) is 2.14. The van der Waals surface area contributed by atoms with Crippen LogP contribution in [0.2, 0.25) is 0 Å². The van der Waals surface area contributed by atoms with Crippen molar-refractivity contribution in [1.82, 2.24) is 9.97 Å². The molecule has 0 spiro atoms. The van der Waals surface area contributed by atoms with Gasteiger partial charge in [-0.1, -0.05) is 12.1 Å². The molecule has 0 aliphatic carbocycles. The number of fused-ring (bicyclic) bond motifs is 1. The molecule has 5 nitrogen and oxygen atoms in total. The molecule has 2 aromatic carbocycles. The maximum Gasteiger partial charge on any atom is 0.142 e. The number of methoxy groups -OCH3 is 2. The van der Waals surface area contributed by atoms with Crippen LogP contribution in [0, 0.1) is 0 Å². The predicted octanol–water partition coefficient (Wildman–Crippen LogP) is 3.81. The molecule has 0 amide bonds. The lowest BCUT2D eigenvalue weighted by molar-refractivity contribution is 0.405. The lowest BCUT2D eigenvalue weighted by atomic mass is 10.2. The molecule has 1 aromatic heterocycles. The molecule has 0 fully saturated rings. The van der Waals surface area contributed by atoms with Gasteiger partial charge in [0.2, 0.25) is 0 Å². The Morgan fingerprint density at radius 1 is 0.955 bits per heavy atom. The van der Waals surface area contributed by atoms with Gasteiger partial charge in [-0.15, -0.1) is 12.4 Å². The second-order valence-corrected chi connectivity index (χ2v) is 4.43. The van der Waals surface area contributed by atoms with Crippen LogP contribution in [0.25, 0.3) is 10.9 Å². The van der Waals surface area contributed by atoms with E-state index in [0.29, 0.717) is 0 Å². The highest BCUT2D eigenvalue weighted by atomic mass is 35.5. The molecule has 0 aliphatic rings. The van der Waals surface area contributed by atoms with Crippen molar-refractivity contribution in [3.63, 3.8) is 0 Å².